The first-order valence-corrected chi connectivity index (χ1v) is 3.53. The van der Waals surface area contributed by atoms with Gasteiger partial charge in [-0.15, -0.1) is 0 Å². The highest BCUT2D eigenvalue weighted by Crippen LogP contribution is 2.08. The zero-order valence-electron chi connectivity index (χ0n) is 6.84. The number of carboxylic acids is 2. The average molecular weight is 184 g/mol. The Bertz CT molecular complexity index is 344. The zero-order valence-corrected chi connectivity index (χ0v) is 6.84. The summed E-state index contributed by atoms with van der Waals surface area (Å²) in [5, 5.41) is 17.2. The Morgan fingerprint density at radius 2 is 2.15 bits per heavy atom. The molecule has 0 radical (unpaired) electrons. The molecule has 0 aliphatic heterocycles. The number of hydrogen-bond donors (Lipinski definition) is 2. The van der Waals surface area contributed by atoms with Crippen molar-refractivity contribution in [2.24, 2.45) is 0 Å². The fraction of sp³-hybridized carbons (Fsp3) is 0.286. The van der Waals surface area contributed by atoms with Crippen LogP contribution in [0.3, 0.4) is 0 Å². The van der Waals surface area contributed by atoms with Crippen LogP contribution in [0, 0.1) is 0 Å². The minimum atomic E-state index is -1.24. The van der Waals surface area contributed by atoms with Gasteiger partial charge in [-0.2, -0.15) is 0 Å². The molecule has 0 saturated carbocycles. The van der Waals surface area contributed by atoms with Crippen molar-refractivity contribution in [3.63, 3.8) is 0 Å². The fourth-order valence-corrected chi connectivity index (χ4v) is 0.910. The third-order valence-corrected chi connectivity index (χ3v) is 1.63. The summed E-state index contributed by atoms with van der Waals surface area (Å²) in [5.41, 5.74) is 0. The Balaban J connectivity index is 3.07. The number of aromatic carboxylic acids is 1. The Morgan fingerprint density at radius 3 is 2.62 bits per heavy atom. The molecule has 1 heterocycles. The van der Waals surface area contributed by atoms with Crippen LogP contribution in [0.1, 0.15) is 23.6 Å². The van der Waals surface area contributed by atoms with Gasteiger partial charge in [0.1, 0.15) is 6.04 Å². The van der Waals surface area contributed by atoms with Crippen LogP contribution in [0.5, 0.6) is 0 Å². The van der Waals surface area contributed by atoms with Crippen molar-refractivity contribution in [3.8, 4) is 0 Å². The number of aromatic nitrogens is 2. The number of rotatable bonds is 3. The van der Waals surface area contributed by atoms with Crippen LogP contribution in [-0.4, -0.2) is 31.7 Å². The Kier molecular flexibility index (Phi) is 2.32. The quantitative estimate of drug-likeness (QED) is 0.701. The predicted octanol–water partition coefficient (Wildman–Crippen LogP) is 0.227. The molecule has 0 bridgehead atoms. The molecule has 1 rings (SSSR count). The molecule has 0 saturated heterocycles. The molecule has 1 unspecified atom stereocenters. The summed E-state index contributed by atoms with van der Waals surface area (Å²) in [6.45, 7) is 1.39. The minimum Gasteiger partial charge on any atom is -0.480 e. The highest BCUT2D eigenvalue weighted by Gasteiger charge is 2.19. The van der Waals surface area contributed by atoms with Gasteiger partial charge in [-0.25, -0.2) is 14.6 Å². The van der Waals surface area contributed by atoms with Crippen LogP contribution >= 0.6 is 0 Å². The SMILES string of the molecule is CC(C(=O)O)n1ccnc1C(=O)O. The molecule has 1 aromatic rings. The van der Waals surface area contributed by atoms with Gasteiger partial charge in [-0.05, 0) is 6.92 Å². The van der Waals surface area contributed by atoms with Crippen LogP contribution < -0.4 is 0 Å². The predicted molar refractivity (Wildman–Crippen MR) is 41.5 cm³/mol. The lowest BCUT2D eigenvalue weighted by Crippen LogP contribution is -2.19. The first-order chi connectivity index (χ1) is 6.04. The second kappa shape index (κ2) is 3.26. The van der Waals surface area contributed by atoms with Crippen LogP contribution in [-0.2, 0) is 4.79 Å². The third kappa shape index (κ3) is 1.66. The maximum absolute atomic E-state index is 10.5. The number of carbonyl (C=O) groups is 2. The normalized spacial score (nSPS) is 12.4. The van der Waals surface area contributed by atoms with Crippen molar-refractivity contribution >= 4 is 11.9 Å². The van der Waals surface area contributed by atoms with Crippen LogP contribution in [0.25, 0.3) is 0 Å². The van der Waals surface area contributed by atoms with Gasteiger partial charge in [-0.1, -0.05) is 0 Å². The van der Waals surface area contributed by atoms with E-state index in [0.29, 0.717) is 0 Å². The summed E-state index contributed by atoms with van der Waals surface area (Å²) in [4.78, 5) is 24.6. The van der Waals surface area contributed by atoms with E-state index < -0.39 is 18.0 Å². The highest BCUT2D eigenvalue weighted by molar-refractivity contribution is 5.84. The second-order valence-electron chi connectivity index (χ2n) is 2.48. The highest BCUT2D eigenvalue weighted by atomic mass is 16.4. The molecular weight excluding hydrogens is 176 g/mol. The van der Waals surface area contributed by atoms with E-state index in [-0.39, 0.29) is 5.82 Å². The molecule has 1 aromatic heterocycles. The number of aliphatic carboxylic acids is 1. The lowest BCUT2D eigenvalue weighted by Gasteiger charge is -2.08. The molecule has 0 amide bonds. The molecule has 0 fully saturated rings. The summed E-state index contributed by atoms with van der Waals surface area (Å²) in [7, 11) is 0. The molecule has 6 nitrogen and oxygen atoms in total. The summed E-state index contributed by atoms with van der Waals surface area (Å²) < 4.78 is 1.09. The molecule has 2 N–H and O–H groups in total. The summed E-state index contributed by atoms with van der Waals surface area (Å²) in [6, 6.07) is -0.923. The van der Waals surface area contributed by atoms with Gasteiger partial charge < -0.3 is 14.8 Å². The van der Waals surface area contributed by atoms with Crippen LogP contribution in [0.15, 0.2) is 12.4 Å². The molecule has 0 spiro atoms. The molecule has 1 atom stereocenters. The third-order valence-electron chi connectivity index (χ3n) is 1.63. The van der Waals surface area contributed by atoms with Gasteiger partial charge in [0.05, 0.1) is 0 Å². The van der Waals surface area contributed by atoms with E-state index in [4.69, 9.17) is 10.2 Å². The first-order valence-electron chi connectivity index (χ1n) is 3.53. The van der Waals surface area contributed by atoms with Crippen molar-refractivity contribution in [1.82, 2.24) is 9.55 Å². The zero-order chi connectivity index (χ0) is 10.0. The summed E-state index contributed by atoms with van der Waals surface area (Å²) in [5.74, 6) is -2.60. The second-order valence-corrected chi connectivity index (χ2v) is 2.48. The molecule has 13 heavy (non-hydrogen) atoms. The van der Waals surface area contributed by atoms with Crippen molar-refractivity contribution in [2.75, 3.05) is 0 Å². The van der Waals surface area contributed by atoms with E-state index in [1.54, 1.807) is 0 Å². The first kappa shape index (κ1) is 9.24. The lowest BCUT2D eigenvalue weighted by molar-refractivity contribution is -0.140. The van der Waals surface area contributed by atoms with E-state index in [1.807, 2.05) is 0 Å². The van der Waals surface area contributed by atoms with Gasteiger partial charge in [0, 0.05) is 12.4 Å². The Labute approximate surface area is 73.4 Å². The van der Waals surface area contributed by atoms with Gasteiger partial charge in [-0.3, -0.25) is 0 Å². The largest absolute Gasteiger partial charge is 0.480 e. The smallest absolute Gasteiger partial charge is 0.372 e. The van der Waals surface area contributed by atoms with Gasteiger partial charge in [0.15, 0.2) is 0 Å². The summed E-state index contributed by atoms with van der Waals surface area (Å²) in [6.07, 6.45) is 2.57. The fourth-order valence-electron chi connectivity index (χ4n) is 0.910. The number of hydrogen-bond acceptors (Lipinski definition) is 3. The standard InChI is InChI=1S/C7H8N2O4/c1-4(6(10)11)9-3-2-8-5(9)7(12)13/h2-4H,1H3,(H,10,11)(H,12,13). The van der Waals surface area contributed by atoms with Gasteiger partial charge in [0.25, 0.3) is 0 Å². The van der Waals surface area contributed by atoms with E-state index >= 15 is 0 Å². The van der Waals surface area contributed by atoms with Crippen LogP contribution in [0.2, 0.25) is 0 Å². The molecule has 0 aromatic carbocycles. The van der Waals surface area contributed by atoms with E-state index in [9.17, 15) is 9.59 Å². The molecule has 6 heteroatoms. The molecule has 70 valence electrons. The average Bonchev–Trinajstić information content (AvgIpc) is 2.50. The molecule has 0 aliphatic rings. The number of carboxylic acid groups (broad SMARTS) is 2. The maximum atomic E-state index is 10.5. The number of imidazole rings is 1. The van der Waals surface area contributed by atoms with Crippen LogP contribution in [0.4, 0.5) is 0 Å². The van der Waals surface area contributed by atoms with Crippen molar-refractivity contribution in [2.45, 2.75) is 13.0 Å². The minimum absolute atomic E-state index is 0.269. The molecular formula is C7H8N2O4. The summed E-state index contributed by atoms with van der Waals surface area (Å²) >= 11 is 0. The monoisotopic (exact) mass is 184 g/mol. The van der Waals surface area contributed by atoms with Crippen molar-refractivity contribution in [1.29, 1.82) is 0 Å². The van der Waals surface area contributed by atoms with Crippen molar-refractivity contribution in [3.05, 3.63) is 18.2 Å². The molecule has 0 aliphatic carbocycles. The van der Waals surface area contributed by atoms with Gasteiger partial charge >= 0.3 is 11.9 Å². The Morgan fingerprint density at radius 1 is 1.54 bits per heavy atom. The van der Waals surface area contributed by atoms with E-state index in [1.165, 1.54) is 19.3 Å². The van der Waals surface area contributed by atoms with Crippen molar-refractivity contribution < 1.29 is 19.8 Å². The van der Waals surface area contributed by atoms with Gasteiger partial charge in [0.2, 0.25) is 5.82 Å². The van der Waals surface area contributed by atoms with E-state index in [2.05, 4.69) is 4.98 Å². The maximum Gasteiger partial charge on any atom is 0.372 e. The Hall–Kier alpha value is -1.85. The number of nitrogens with zero attached hydrogens (tertiary/aromatic N) is 2. The lowest BCUT2D eigenvalue weighted by atomic mass is 10.3. The topological polar surface area (TPSA) is 92.4 Å². The van der Waals surface area contributed by atoms with E-state index in [0.717, 1.165) is 4.57 Å².